The second-order valence-electron chi connectivity index (χ2n) is 4.64. The Bertz CT molecular complexity index is 361. The molecule has 0 spiro atoms. The van der Waals surface area contributed by atoms with Crippen molar-refractivity contribution < 1.29 is 0 Å². The van der Waals surface area contributed by atoms with Crippen molar-refractivity contribution in [2.75, 3.05) is 23.7 Å². The molecule has 0 unspecified atom stereocenters. The zero-order valence-corrected chi connectivity index (χ0v) is 12.1. The molecule has 0 bridgehead atoms. The minimum Gasteiger partial charge on any atom is -0.383 e. The number of nitrogens with two attached hydrogens (primary N) is 1. The van der Waals surface area contributed by atoms with Crippen LogP contribution in [0.2, 0.25) is 0 Å². The van der Waals surface area contributed by atoms with Crippen molar-refractivity contribution >= 4 is 11.6 Å². The number of hydrogen-bond donors (Lipinski definition) is 1. The second kappa shape index (κ2) is 7.19. The average Bonchev–Trinajstić information content (AvgIpc) is 2.40. The fourth-order valence-corrected chi connectivity index (χ4v) is 2.25. The largest absolute Gasteiger partial charge is 0.383 e. The molecule has 1 aromatic rings. The van der Waals surface area contributed by atoms with Gasteiger partial charge < -0.3 is 10.6 Å². The summed E-state index contributed by atoms with van der Waals surface area (Å²) in [6, 6.07) is 0. The van der Waals surface area contributed by atoms with E-state index in [1.807, 2.05) is 0 Å². The SMILES string of the molecule is CCc1c(N)ncnc1N(CC)CC(CC)CC. The average molecular weight is 250 g/mol. The molecule has 0 aromatic carbocycles. The summed E-state index contributed by atoms with van der Waals surface area (Å²) in [6.07, 6.45) is 4.85. The minimum atomic E-state index is 0.616. The van der Waals surface area contributed by atoms with Crippen LogP contribution in [0.1, 0.15) is 46.1 Å². The first kappa shape index (κ1) is 14.7. The van der Waals surface area contributed by atoms with Crippen molar-refractivity contribution in [1.29, 1.82) is 0 Å². The molecule has 102 valence electrons. The first-order chi connectivity index (χ1) is 8.67. The highest BCUT2D eigenvalue weighted by molar-refractivity contribution is 5.56. The van der Waals surface area contributed by atoms with Gasteiger partial charge >= 0.3 is 0 Å². The molecule has 0 aliphatic rings. The van der Waals surface area contributed by atoms with Gasteiger partial charge in [0.1, 0.15) is 18.0 Å². The molecule has 2 N–H and O–H groups in total. The first-order valence-electron chi connectivity index (χ1n) is 7.02. The Labute approximate surface area is 111 Å². The van der Waals surface area contributed by atoms with Crippen LogP contribution in [0.4, 0.5) is 11.6 Å². The number of nitrogens with zero attached hydrogens (tertiary/aromatic N) is 3. The standard InChI is InChI=1S/C14H26N4/c1-5-11(6-2)9-18(8-4)14-12(7-3)13(15)16-10-17-14/h10-11H,5-9H2,1-4H3,(H2,15,16,17). The summed E-state index contributed by atoms with van der Waals surface area (Å²) in [5.41, 5.74) is 7.02. The molecule has 0 aliphatic heterocycles. The Hall–Kier alpha value is -1.32. The van der Waals surface area contributed by atoms with E-state index in [4.69, 9.17) is 5.73 Å². The van der Waals surface area contributed by atoms with Crippen LogP contribution in [0.5, 0.6) is 0 Å². The van der Waals surface area contributed by atoms with Crippen molar-refractivity contribution in [2.45, 2.75) is 47.0 Å². The molecule has 1 aromatic heterocycles. The third-order valence-electron chi connectivity index (χ3n) is 3.62. The molecule has 18 heavy (non-hydrogen) atoms. The van der Waals surface area contributed by atoms with Crippen molar-refractivity contribution in [3.8, 4) is 0 Å². The van der Waals surface area contributed by atoms with Crippen molar-refractivity contribution in [3.05, 3.63) is 11.9 Å². The van der Waals surface area contributed by atoms with Crippen LogP contribution in [-0.2, 0) is 6.42 Å². The zero-order valence-electron chi connectivity index (χ0n) is 12.1. The maximum absolute atomic E-state index is 5.94. The van der Waals surface area contributed by atoms with E-state index in [9.17, 15) is 0 Å². The Morgan fingerprint density at radius 2 is 1.83 bits per heavy atom. The summed E-state index contributed by atoms with van der Waals surface area (Å²) in [4.78, 5) is 10.9. The van der Waals surface area contributed by atoms with Gasteiger partial charge in [0.15, 0.2) is 0 Å². The van der Waals surface area contributed by atoms with Crippen LogP contribution in [0.15, 0.2) is 6.33 Å². The van der Waals surface area contributed by atoms with Gasteiger partial charge in [0, 0.05) is 18.7 Å². The van der Waals surface area contributed by atoms with E-state index in [1.54, 1.807) is 6.33 Å². The predicted molar refractivity (Wildman–Crippen MR) is 77.8 cm³/mol. The van der Waals surface area contributed by atoms with Crippen molar-refractivity contribution in [2.24, 2.45) is 5.92 Å². The third-order valence-corrected chi connectivity index (χ3v) is 3.62. The van der Waals surface area contributed by atoms with Gasteiger partial charge in [-0.2, -0.15) is 0 Å². The van der Waals surface area contributed by atoms with Gasteiger partial charge in [0.05, 0.1) is 0 Å². The lowest BCUT2D eigenvalue weighted by atomic mass is 10.0. The van der Waals surface area contributed by atoms with E-state index in [1.165, 1.54) is 12.8 Å². The third kappa shape index (κ3) is 3.34. The molecule has 4 nitrogen and oxygen atoms in total. The molecular weight excluding hydrogens is 224 g/mol. The number of hydrogen-bond acceptors (Lipinski definition) is 4. The molecule has 0 fully saturated rings. The molecule has 0 amide bonds. The number of nitrogen functional groups attached to an aromatic ring is 1. The van der Waals surface area contributed by atoms with Gasteiger partial charge in [-0.15, -0.1) is 0 Å². The highest BCUT2D eigenvalue weighted by atomic mass is 15.2. The van der Waals surface area contributed by atoms with Crippen LogP contribution in [0.3, 0.4) is 0 Å². The van der Waals surface area contributed by atoms with Gasteiger partial charge in [-0.05, 0) is 19.3 Å². The van der Waals surface area contributed by atoms with Crippen LogP contribution in [0, 0.1) is 5.92 Å². The lowest BCUT2D eigenvalue weighted by Gasteiger charge is -2.28. The molecular formula is C14H26N4. The highest BCUT2D eigenvalue weighted by Gasteiger charge is 2.16. The number of aromatic nitrogens is 2. The topological polar surface area (TPSA) is 55.0 Å². The summed E-state index contributed by atoms with van der Waals surface area (Å²) >= 11 is 0. The van der Waals surface area contributed by atoms with Gasteiger partial charge in [-0.25, -0.2) is 9.97 Å². The lowest BCUT2D eigenvalue weighted by molar-refractivity contribution is 0.484. The molecule has 0 saturated heterocycles. The van der Waals surface area contributed by atoms with E-state index in [-0.39, 0.29) is 0 Å². The maximum Gasteiger partial charge on any atom is 0.137 e. The number of rotatable bonds is 7. The van der Waals surface area contributed by atoms with Crippen LogP contribution in [0.25, 0.3) is 0 Å². The zero-order chi connectivity index (χ0) is 13.5. The van der Waals surface area contributed by atoms with Gasteiger partial charge in [0.2, 0.25) is 0 Å². The maximum atomic E-state index is 5.94. The van der Waals surface area contributed by atoms with E-state index in [2.05, 4.69) is 42.6 Å². The van der Waals surface area contributed by atoms with E-state index >= 15 is 0 Å². The molecule has 4 heteroatoms. The Morgan fingerprint density at radius 1 is 1.17 bits per heavy atom. The second-order valence-corrected chi connectivity index (χ2v) is 4.64. The fraction of sp³-hybridized carbons (Fsp3) is 0.714. The Morgan fingerprint density at radius 3 is 2.33 bits per heavy atom. The van der Waals surface area contributed by atoms with Gasteiger partial charge in [-0.3, -0.25) is 0 Å². The quantitative estimate of drug-likeness (QED) is 0.808. The van der Waals surface area contributed by atoms with Crippen molar-refractivity contribution in [3.63, 3.8) is 0 Å². The first-order valence-corrected chi connectivity index (χ1v) is 7.02. The number of anilines is 2. The summed E-state index contributed by atoms with van der Waals surface area (Å²) in [7, 11) is 0. The monoisotopic (exact) mass is 250 g/mol. The van der Waals surface area contributed by atoms with Crippen LogP contribution in [-0.4, -0.2) is 23.1 Å². The molecule has 1 rings (SSSR count). The Kier molecular flexibility index (Phi) is 5.89. The fourth-order valence-electron chi connectivity index (χ4n) is 2.25. The molecule has 0 radical (unpaired) electrons. The van der Waals surface area contributed by atoms with Crippen molar-refractivity contribution in [1.82, 2.24) is 9.97 Å². The molecule has 0 atom stereocenters. The summed E-state index contributed by atoms with van der Waals surface area (Å²) < 4.78 is 0. The van der Waals surface area contributed by atoms with E-state index < -0.39 is 0 Å². The van der Waals surface area contributed by atoms with E-state index in [0.717, 1.165) is 30.9 Å². The summed E-state index contributed by atoms with van der Waals surface area (Å²) in [6.45, 7) is 10.8. The molecule has 1 heterocycles. The summed E-state index contributed by atoms with van der Waals surface area (Å²) in [5, 5.41) is 0. The van der Waals surface area contributed by atoms with E-state index in [0.29, 0.717) is 11.7 Å². The summed E-state index contributed by atoms with van der Waals surface area (Å²) in [5.74, 6) is 2.34. The van der Waals surface area contributed by atoms with Gasteiger partial charge in [-0.1, -0.05) is 33.6 Å². The lowest BCUT2D eigenvalue weighted by Crippen LogP contribution is -2.31. The predicted octanol–water partition coefficient (Wildman–Crippen LogP) is 2.88. The molecule has 0 aliphatic carbocycles. The van der Waals surface area contributed by atoms with Crippen LogP contribution < -0.4 is 10.6 Å². The normalized spacial score (nSPS) is 10.9. The smallest absolute Gasteiger partial charge is 0.137 e. The highest BCUT2D eigenvalue weighted by Crippen LogP contribution is 2.23. The Balaban J connectivity index is 2.97. The van der Waals surface area contributed by atoms with Gasteiger partial charge in [0.25, 0.3) is 0 Å². The minimum absolute atomic E-state index is 0.616. The molecule has 0 saturated carbocycles. The van der Waals surface area contributed by atoms with Crippen LogP contribution >= 0.6 is 0 Å².